The minimum absolute atomic E-state index is 0.0149. The van der Waals surface area contributed by atoms with E-state index >= 15 is 0 Å². The van der Waals surface area contributed by atoms with E-state index in [4.69, 9.17) is 0 Å². The van der Waals surface area contributed by atoms with Crippen LogP contribution in [0, 0.1) is 0 Å². The lowest BCUT2D eigenvalue weighted by Crippen LogP contribution is -2.28. The average Bonchev–Trinajstić information content (AvgIpc) is 2.11. The van der Waals surface area contributed by atoms with Gasteiger partial charge in [-0.05, 0) is 6.92 Å². The first-order valence-corrected chi connectivity index (χ1v) is 4.06. The normalized spacial score (nSPS) is 9.25. The number of carbonyl (C=O) groups excluding carboxylic acids is 2. The summed E-state index contributed by atoms with van der Waals surface area (Å²) in [5.74, 6) is -0.0750. The van der Waals surface area contributed by atoms with Gasteiger partial charge < -0.3 is 10.2 Å². The Balaban J connectivity index is 3.64. The van der Waals surface area contributed by atoms with Crippen LogP contribution in [-0.2, 0) is 9.59 Å². The average molecular weight is 172 g/mol. The molecule has 1 N–H and O–H groups in total. The summed E-state index contributed by atoms with van der Waals surface area (Å²) in [6.07, 6.45) is 0.573. The highest BCUT2D eigenvalue weighted by Crippen LogP contribution is 1.94. The predicted octanol–water partition coefficient (Wildman–Crippen LogP) is -0.00910. The van der Waals surface area contributed by atoms with Gasteiger partial charge in [0.25, 0.3) is 0 Å². The summed E-state index contributed by atoms with van der Waals surface area (Å²) >= 11 is 0. The summed E-state index contributed by atoms with van der Waals surface area (Å²) in [6.45, 7) is 2.59. The van der Waals surface area contributed by atoms with Crippen molar-refractivity contribution in [2.45, 2.75) is 19.8 Å². The Morgan fingerprint density at radius 1 is 1.33 bits per heavy atom. The topological polar surface area (TPSA) is 49.4 Å². The lowest BCUT2D eigenvalue weighted by Gasteiger charge is -2.13. The summed E-state index contributed by atoms with van der Waals surface area (Å²) in [7, 11) is 3.29. The molecule has 0 aliphatic heterocycles. The molecule has 0 saturated carbocycles. The molecule has 0 fully saturated rings. The third-order valence-corrected chi connectivity index (χ3v) is 1.74. The van der Waals surface area contributed by atoms with Crippen LogP contribution in [0.4, 0.5) is 0 Å². The third-order valence-electron chi connectivity index (χ3n) is 1.74. The number of nitrogens with zero attached hydrogens (tertiary/aromatic N) is 1. The van der Waals surface area contributed by atoms with Crippen molar-refractivity contribution in [1.82, 2.24) is 10.2 Å². The van der Waals surface area contributed by atoms with Crippen molar-refractivity contribution in [3.8, 4) is 0 Å². The molecule has 0 bridgehead atoms. The third kappa shape index (κ3) is 3.95. The lowest BCUT2D eigenvalue weighted by atomic mass is 10.2. The Labute approximate surface area is 72.9 Å². The Hall–Kier alpha value is -1.06. The van der Waals surface area contributed by atoms with Crippen LogP contribution in [0.2, 0.25) is 0 Å². The van der Waals surface area contributed by atoms with Crippen molar-refractivity contribution < 1.29 is 9.59 Å². The van der Waals surface area contributed by atoms with Crippen molar-refractivity contribution >= 4 is 11.8 Å². The zero-order chi connectivity index (χ0) is 9.56. The number of amides is 2. The summed E-state index contributed by atoms with van der Waals surface area (Å²) in [5, 5.41) is 2.47. The van der Waals surface area contributed by atoms with Gasteiger partial charge in [-0.15, -0.1) is 0 Å². The van der Waals surface area contributed by atoms with Crippen LogP contribution in [0.25, 0.3) is 0 Å². The van der Waals surface area contributed by atoms with E-state index in [1.807, 2.05) is 6.92 Å². The largest absolute Gasteiger partial charge is 0.359 e. The van der Waals surface area contributed by atoms with E-state index in [0.717, 1.165) is 0 Å². The summed E-state index contributed by atoms with van der Waals surface area (Å²) < 4.78 is 0. The molecular weight excluding hydrogens is 156 g/mol. The van der Waals surface area contributed by atoms with E-state index in [1.165, 1.54) is 0 Å². The standard InChI is InChI=1S/C8H16N2O2/c1-4-10(3)8(12)6-5-7(11)9-2/h4-6H2,1-3H3,(H,9,11). The number of nitrogens with one attached hydrogen (secondary N) is 1. The Morgan fingerprint density at radius 3 is 2.33 bits per heavy atom. The first-order chi connectivity index (χ1) is 5.61. The smallest absolute Gasteiger partial charge is 0.222 e. The second-order valence-corrected chi connectivity index (χ2v) is 2.58. The van der Waals surface area contributed by atoms with E-state index in [0.29, 0.717) is 13.0 Å². The lowest BCUT2D eigenvalue weighted by molar-refractivity contribution is -0.132. The van der Waals surface area contributed by atoms with E-state index in [9.17, 15) is 9.59 Å². The minimum atomic E-state index is -0.0900. The summed E-state index contributed by atoms with van der Waals surface area (Å²) in [6, 6.07) is 0. The fraction of sp³-hybridized carbons (Fsp3) is 0.750. The molecule has 0 aromatic rings. The molecule has 4 nitrogen and oxygen atoms in total. The van der Waals surface area contributed by atoms with Crippen molar-refractivity contribution in [3.63, 3.8) is 0 Å². The molecule has 0 aliphatic carbocycles. The predicted molar refractivity (Wildman–Crippen MR) is 46.6 cm³/mol. The monoisotopic (exact) mass is 172 g/mol. The van der Waals surface area contributed by atoms with Crippen LogP contribution < -0.4 is 5.32 Å². The van der Waals surface area contributed by atoms with E-state index in [1.54, 1.807) is 19.0 Å². The first-order valence-electron chi connectivity index (χ1n) is 4.06. The molecular formula is C8H16N2O2. The van der Waals surface area contributed by atoms with Gasteiger partial charge in [0.05, 0.1) is 0 Å². The van der Waals surface area contributed by atoms with Crippen LogP contribution in [0.5, 0.6) is 0 Å². The highest BCUT2D eigenvalue weighted by molar-refractivity contribution is 5.83. The van der Waals surface area contributed by atoms with E-state index in [2.05, 4.69) is 5.32 Å². The zero-order valence-electron chi connectivity index (χ0n) is 7.89. The maximum absolute atomic E-state index is 11.1. The van der Waals surface area contributed by atoms with Gasteiger partial charge in [-0.3, -0.25) is 9.59 Å². The quantitative estimate of drug-likeness (QED) is 0.648. The minimum Gasteiger partial charge on any atom is -0.359 e. The van der Waals surface area contributed by atoms with Crippen LogP contribution in [0.1, 0.15) is 19.8 Å². The number of hydrogen-bond donors (Lipinski definition) is 1. The second kappa shape index (κ2) is 5.57. The van der Waals surface area contributed by atoms with Gasteiger partial charge in [-0.25, -0.2) is 0 Å². The molecule has 0 aliphatic rings. The van der Waals surface area contributed by atoms with Crippen LogP contribution >= 0.6 is 0 Å². The molecule has 0 atom stereocenters. The molecule has 4 heteroatoms. The molecule has 0 aromatic carbocycles. The molecule has 0 aromatic heterocycles. The van der Waals surface area contributed by atoms with Gasteiger partial charge in [0.15, 0.2) is 0 Å². The van der Waals surface area contributed by atoms with Gasteiger partial charge in [0, 0.05) is 33.5 Å². The molecule has 0 rings (SSSR count). The van der Waals surface area contributed by atoms with Crippen molar-refractivity contribution in [1.29, 1.82) is 0 Å². The van der Waals surface area contributed by atoms with Crippen molar-refractivity contribution in [3.05, 3.63) is 0 Å². The van der Waals surface area contributed by atoms with Gasteiger partial charge in [0.2, 0.25) is 11.8 Å². The Morgan fingerprint density at radius 2 is 1.92 bits per heavy atom. The van der Waals surface area contributed by atoms with Crippen LogP contribution in [0.3, 0.4) is 0 Å². The highest BCUT2D eigenvalue weighted by atomic mass is 16.2. The molecule has 0 radical (unpaired) electrons. The first kappa shape index (κ1) is 10.9. The molecule has 0 heterocycles. The Kier molecular flexibility index (Phi) is 5.08. The molecule has 12 heavy (non-hydrogen) atoms. The van der Waals surface area contributed by atoms with E-state index < -0.39 is 0 Å². The molecule has 2 amide bonds. The molecule has 0 unspecified atom stereocenters. The molecule has 70 valence electrons. The SMILES string of the molecule is CCN(C)C(=O)CCC(=O)NC. The van der Waals surface area contributed by atoms with Crippen LogP contribution in [-0.4, -0.2) is 37.4 Å². The maximum Gasteiger partial charge on any atom is 0.222 e. The molecule has 0 saturated heterocycles. The fourth-order valence-electron chi connectivity index (χ4n) is 0.713. The summed E-state index contributed by atoms with van der Waals surface area (Å²) in [4.78, 5) is 23.5. The number of hydrogen-bond acceptors (Lipinski definition) is 2. The van der Waals surface area contributed by atoms with Gasteiger partial charge >= 0.3 is 0 Å². The van der Waals surface area contributed by atoms with Gasteiger partial charge in [-0.1, -0.05) is 0 Å². The van der Waals surface area contributed by atoms with Crippen molar-refractivity contribution in [2.75, 3.05) is 20.6 Å². The molecule has 0 spiro atoms. The number of carbonyl (C=O) groups is 2. The second-order valence-electron chi connectivity index (χ2n) is 2.58. The number of rotatable bonds is 4. The van der Waals surface area contributed by atoms with Crippen molar-refractivity contribution in [2.24, 2.45) is 0 Å². The fourth-order valence-corrected chi connectivity index (χ4v) is 0.713. The highest BCUT2D eigenvalue weighted by Gasteiger charge is 2.08. The zero-order valence-corrected chi connectivity index (χ0v) is 7.89. The Bertz CT molecular complexity index is 168. The van der Waals surface area contributed by atoms with Gasteiger partial charge in [0.1, 0.15) is 0 Å². The summed E-state index contributed by atoms with van der Waals surface area (Å²) in [5.41, 5.74) is 0. The van der Waals surface area contributed by atoms with Crippen LogP contribution in [0.15, 0.2) is 0 Å². The van der Waals surface area contributed by atoms with Gasteiger partial charge in [-0.2, -0.15) is 0 Å². The van der Waals surface area contributed by atoms with E-state index in [-0.39, 0.29) is 18.2 Å². The maximum atomic E-state index is 11.1.